The van der Waals surface area contributed by atoms with E-state index in [9.17, 15) is 4.39 Å². The van der Waals surface area contributed by atoms with Crippen molar-refractivity contribution in [2.45, 2.75) is 18.9 Å². The second kappa shape index (κ2) is 7.94. The van der Waals surface area contributed by atoms with Crippen molar-refractivity contribution in [3.8, 4) is 28.8 Å². The molecular formula is C22H22FN5O. The summed E-state index contributed by atoms with van der Waals surface area (Å²) >= 11 is 0. The molecular weight excluding hydrogens is 369 g/mol. The molecule has 0 radical (unpaired) electrons. The number of hydrogen-bond donors (Lipinski definition) is 2. The molecule has 4 rings (SSSR count). The predicted octanol–water partition coefficient (Wildman–Crippen LogP) is 3.71. The van der Waals surface area contributed by atoms with E-state index in [0.717, 1.165) is 36.5 Å². The van der Waals surface area contributed by atoms with Gasteiger partial charge in [-0.1, -0.05) is 6.07 Å². The van der Waals surface area contributed by atoms with E-state index in [2.05, 4.69) is 10.4 Å². The van der Waals surface area contributed by atoms with E-state index in [0.29, 0.717) is 23.3 Å². The molecule has 1 aromatic heterocycles. The van der Waals surface area contributed by atoms with Gasteiger partial charge in [-0.15, -0.1) is 5.10 Å². The third kappa shape index (κ3) is 3.93. The Balaban J connectivity index is 1.68. The first-order valence-corrected chi connectivity index (χ1v) is 9.51. The monoisotopic (exact) mass is 391 g/mol. The fourth-order valence-electron chi connectivity index (χ4n) is 3.56. The van der Waals surface area contributed by atoms with Gasteiger partial charge in [0.2, 0.25) is 0 Å². The zero-order chi connectivity index (χ0) is 20.4. The number of nitriles is 1. The zero-order valence-corrected chi connectivity index (χ0v) is 16.1. The van der Waals surface area contributed by atoms with E-state index in [4.69, 9.17) is 15.7 Å². The highest BCUT2D eigenvalue weighted by Crippen LogP contribution is 2.30. The van der Waals surface area contributed by atoms with Crippen LogP contribution in [0.5, 0.6) is 5.75 Å². The average Bonchev–Trinajstić information content (AvgIpc) is 3.14. The van der Waals surface area contributed by atoms with Gasteiger partial charge in [0.1, 0.15) is 23.5 Å². The van der Waals surface area contributed by atoms with E-state index in [1.54, 1.807) is 17.9 Å². The second-order valence-electron chi connectivity index (χ2n) is 7.31. The Hall–Kier alpha value is -3.37. The van der Waals surface area contributed by atoms with Crippen molar-refractivity contribution in [3.05, 3.63) is 59.9 Å². The summed E-state index contributed by atoms with van der Waals surface area (Å²) in [5, 5.41) is 17.0. The number of methoxy groups -OCH3 is 1. The summed E-state index contributed by atoms with van der Waals surface area (Å²) in [4.78, 5) is 0. The molecule has 1 aliphatic carbocycles. The van der Waals surface area contributed by atoms with Crippen LogP contribution in [0.25, 0.3) is 16.9 Å². The first kappa shape index (κ1) is 19.0. The number of nitrogens with one attached hydrogen (secondary N) is 1. The average molecular weight is 391 g/mol. The molecule has 1 aliphatic rings. The van der Waals surface area contributed by atoms with Crippen LogP contribution in [-0.2, 0) is 0 Å². The molecule has 1 fully saturated rings. The van der Waals surface area contributed by atoms with Gasteiger partial charge in [0.25, 0.3) is 0 Å². The Morgan fingerprint density at radius 1 is 1.24 bits per heavy atom. The quantitative estimate of drug-likeness (QED) is 0.669. The lowest BCUT2D eigenvalue weighted by atomic mass is 9.81. The summed E-state index contributed by atoms with van der Waals surface area (Å²) in [6.07, 6.45) is 2.03. The van der Waals surface area contributed by atoms with E-state index in [1.165, 1.54) is 12.1 Å². The van der Waals surface area contributed by atoms with Gasteiger partial charge < -0.3 is 15.8 Å². The number of nitrogens with two attached hydrogens (primary N) is 1. The zero-order valence-electron chi connectivity index (χ0n) is 16.1. The van der Waals surface area contributed by atoms with Crippen LogP contribution in [0.2, 0.25) is 0 Å². The fraction of sp³-hybridized carbons (Fsp3) is 0.273. The van der Waals surface area contributed by atoms with E-state index >= 15 is 0 Å². The van der Waals surface area contributed by atoms with E-state index < -0.39 is 5.82 Å². The summed E-state index contributed by atoms with van der Waals surface area (Å²) in [6.45, 7) is 0.800. The molecule has 7 heteroatoms. The summed E-state index contributed by atoms with van der Waals surface area (Å²) in [7, 11) is 1.61. The number of rotatable bonds is 6. The molecule has 3 N–H and O–H groups in total. The molecule has 0 unspecified atom stereocenters. The lowest BCUT2D eigenvalue weighted by molar-refractivity contribution is 0.280. The number of anilines is 1. The Labute approximate surface area is 168 Å². The Kier molecular flexibility index (Phi) is 5.19. The molecule has 1 saturated carbocycles. The number of aromatic nitrogens is 2. The predicted molar refractivity (Wildman–Crippen MR) is 109 cm³/mol. The molecule has 6 nitrogen and oxygen atoms in total. The smallest absolute Gasteiger partial charge is 0.149 e. The number of nitrogens with zero attached hydrogens (tertiary/aromatic N) is 3. The van der Waals surface area contributed by atoms with Crippen molar-refractivity contribution in [1.29, 1.82) is 5.26 Å². The molecule has 3 aromatic rings. The van der Waals surface area contributed by atoms with E-state index in [1.807, 2.05) is 36.4 Å². The molecule has 1 heterocycles. The van der Waals surface area contributed by atoms with Gasteiger partial charge in [0.05, 0.1) is 24.1 Å². The maximum absolute atomic E-state index is 14.2. The molecule has 0 amide bonds. The standard InChI is InChI=1S/C22H22FN5O/c1-29-19-6-4-18(5-7-19)28-21(15-2-3-16(12-24)20(23)10-15)11-22(27-28)26-13-14-8-17(25)9-14/h2-7,10-11,14,17H,8-9,13,25H2,1H3,(H,26,27)/t14-,17-. The van der Waals surface area contributed by atoms with Gasteiger partial charge in [-0.05, 0) is 55.2 Å². The first-order valence-electron chi connectivity index (χ1n) is 9.51. The third-order valence-electron chi connectivity index (χ3n) is 5.26. The minimum atomic E-state index is -0.551. The van der Waals surface area contributed by atoms with Crippen LogP contribution in [0, 0.1) is 23.1 Å². The molecule has 148 valence electrons. The Bertz CT molecular complexity index is 1050. The highest BCUT2D eigenvalue weighted by atomic mass is 19.1. The number of hydrogen-bond acceptors (Lipinski definition) is 5. The number of ether oxygens (including phenoxy) is 1. The van der Waals surface area contributed by atoms with Crippen molar-refractivity contribution in [2.24, 2.45) is 11.7 Å². The van der Waals surface area contributed by atoms with Gasteiger partial charge in [0, 0.05) is 24.2 Å². The van der Waals surface area contributed by atoms with Crippen molar-refractivity contribution < 1.29 is 9.13 Å². The Morgan fingerprint density at radius 2 is 2.00 bits per heavy atom. The summed E-state index contributed by atoms with van der Waals surface area (Å²) < 4.78 is 21.2. The highest BCUT2D eigenvalue weighted by molar-refractivity contribution is 5.67. The lowest BCUT2D eigenvalue weighted by Gasteiger charge is -2.32. The molecule has 0 saturated heterocycles. The third-order valence-corrected chi connectivity index (χ3v) is 5.26. The van der Waals surface area contributed by atoms with Crippen LogP contribution in [0.15, 0.2) is 48.5 Å². The van der Waals surface area contributed by atoms with Crippen molar-refractivity contribution in [2.75, 3.05) is 19.0 Å². The number of halogens is 1. The van der Waals surface area contributed by atoms with Gasteiger partial charge >= 0.3 is 0 Å². The van der Waals surface area contributed by atoms with Crippen LogP contribution < -0.4 is 15.8 Å². The summed E-state index contributed by atoms with van der Waals surface area (Å²) in [5.41, 5.74) is 8.07. The fourth-order valence-corrected chi connectivity index (χ4v) is 3.56. The number of benzene rings is 2. The first-order chi connectivity index (χ1) is 14.1. The Morgan fingerprint density at radius 3 is 2.62 bits per heavy atom. The summed E-state index contributed by atoms with van der Waals surface area (Å²) in [5.74, 6) is 1.45. The molecule has 29 heavy (non-hydrogen) atoms. The van der Waals surface area contributed by atoms with Gasteiger partial charge in [0.15, 0.2) is 0 Å². The van der Waals surface area contributed by atoms with Crippen LogP contribution in [0.4, 0.5) is 10.2 Å². The van der Waals surface area contributed by atoms with Gasteiger partial charge in [-0.25, -0.2) is 9.07 Å². The van der Waals surface area contributed by atoms with Crippen LogP contribution >= 0.6 is 0 Å². The van der Waals surface area contributed by atoms with Crippen LogP contribution in [0.3, 0.4) is 0 Å². The molecule has 0 aliphatic heterocycles. The molecule has 0 bridgehead atoms. The van der Waals surface area contributed by atoms with E-state index in [-0.39, 0.29) is 5.56 Å². The van der Waals surface area contributed by atoms with Crippen LogP contribution in [0.1, 0.15) is 18.4 Å². The topological polar surface area (TPSA) is 88.9 Å². The highest BCUT2D eigenvalue weighted by Gasteiger charge is 2.25. The molecule has 2 aromatic carbocycles. The van der Waals surface area contributed by atoms with Crippen molar-refractivity contribution in [1.82, 2.24) is 9.78 Å². The SMILES string of the molecule is COc1ccc(-n2nc(NC[C@H]3C[C@H](N)C3)cc2-c2ccc(C#N)c(F)c2)cc1. The lowest BCUT2D eigenvalue weighted by Crippen LogP contribution is -2.39. The minimum absolute atomic E-state index is 0.0175. The van der Waals surface area contributed by atoms with Crippen molar-refractivity contribution >= 4 is 5.82 Å². The normalized spacial score (nSPS) is 18.0. The molecule has 0 atom stereocenters. The minimum Gasteiger partial charge on any atom is -0.497 e. The summed E-state index contributed by atoms with van der Waals surface area (Å²) in [6, 6.07) is 16.1. The second-order valence-corrected chi connectivity index (χ2v) is 7.31. The van der Waals surface area contributed by atoms with Crippen LogP contribution in [-0.4, -0.2) is 29.5 Å². The maximum atomic E-state index is 14.2. The van der Waals surface area contributed by atoms with Gasteiger partial charge in [-0.2, -0.15) is 5.26 Å². The largest absolute Gasteiger partial charge is 0.497 e. The molecule has 0 spiro atoms. The maximum Gasteiger partial charge on any atom is 0.149 e. The van der Waals surface area contributed by atoms with Gasteiger partial charge in [-0.3, -0.25) is 0 Å². The van der Waals surface area contributed by atoms with Crippen molar-refractivity contribution in [3.63, 3.8) is 0 Å².